The van der Waals surface area contributed by atoms with Crippen LogP contribution < -0.4 is 5.22 Å². The molecule has 4 rings (SSSR count). The molecule has 0 atom stereocenters. The quantitative estimate of drug-likeness (QED) is 0.545. The van der Waals surface area contributed by atoms with Gasteiger partial charge in [-0.05, 0) is 25.0 Å². The molecule has 4 heterocycles. The van der Waals surface area contributed by atoms with Crippen molar-refractivity contribution in [2.45, 2.75) is 66.2 Å². The van der Waals surface area contributed by atoms with Gasteiger partial charge in [0.15, 0.2) is 17.1 Å². The van der Waals surface area contributed by atoms with Crippen LogP contribution in [0.3, 0.4) is 0 Å². The zero-order valence-electron chi connectivity index (χ0n) is 17.9. The van der Waals surface area contributed by atoms with Crippen LogP contribution in [0, 0.1) is 0 Å². The summed E-state index contributed by atoms with van der Waals surface area (Å²) in [6.45, 7) is 12.6. The first-order chi connectivity index (χ1) is 13.9. The second kappa shape index (κ2) is 7.42. The van der Waals surface area contributed by atoms with E-state index in [4.69, 9.17) is 4.98 Å². The van der Waals surface area contributed by atoms with Gasteiger partial charge in [-0.2, -0.15) is 10.2 Å². The molecule has 0 spiro atoms. The van der Waals surface area contributed by atoms with E-state index in [9.17, 15) is 0 Å². The second-order valence-corrected chi connectivity index (χ2v) is 7.89. The molecule has 0 aromatic carbocycles. The minimum atomic E-state index is 0.272. The van der Waals surface area contributed by atoms with Crippen LogP contribution in [-0.2, 0) is 12.8 Å². The number of aromatic nitrogens is 8. The van der Waals surface area contributed by atoms with Crippen LogP contribution >= 0.6 is 0 Å². The van der Waals surface area contributed by atoms with Crippen LogP contribution in [0.2, 0.25) is 0 Å². The molecule has 0 amide bonds. The Balaban J connectivity index is 1.79. The molecule has 4 aromatic heterocycles. The molecule has 8 heteroatoms. The van der Waals surface area contributed by atoms with Crippen molar-refractivity contribution < 1.29 is 0 Å². The first-order valence-corrected chi connectivity index (χ1v) is 10.3. The van der Waals surface area contributed by atoms with E-state index in [1.165, 1.54) is 0 Å². The molecule has 0 radical (unpaired) electrons. The Morgan fingerprint density at radius 2 is 1.62 bits per heavy atom. The summed E-state index contributed by atoms with van der Waals surface area (Å²) in [5.74, 6) is 2.35. The summed E-state index contributed by atoms with van der Waals surface area (Å²) < 4.78 is 3.37. The molecule has 29 heavy (non-hydrogen) atoms. The smallest absolute Gasteiger partial charge is 0.185 e. The van der Waals surface area contributed by atoms with Crippen molar-refractivity contribution in [3.8, 4) is 0 Å². The van der Waals surface area contributed by atoms with Gasteiger partial charge in [0.2, 0.25) is 0 Å². The summed E-state index contributed by atoms with van der Waals surface area (Å²) in [5, 5.41) is 19.3. The van der Waals surface area contributed by atoms with E-state index in [1.54, 1.807) is 9.26 Å². The van der Waals surface area contributed by atoms with E-state index in [-0.39, 0.29) is 5.92 Å². The summed E-state index contributed by atoms with van der Waals surface area (Å²) >= 11 is 0. The van der Waals surface area contributed by atoms with E-state index in [2.05, 4.69) is 79.1 Å². The standard InChI is InChI=1S/C21H28N8/c1-7-16-14(20-22-18(12(3)4)26-28(20)24-16)10-9-11-15-17(8-2)25-29-21(15)23-19(27-29)13(5)6/h9-13H,7-8H2,1-6H3,(H,22,26)/b10-9+,15-11-. The normalized spacial score (nSPS) is 13.4. The van der Waals surface area contributed by atoms with Gasteiger partial charge in [0.1, 0.15) is 5.82 Å². The lowest BCUT2D eigenvalue weighted by Gasteiger charge is -1.97. The minimum Gasteiger partial charge on any atom is -0.325 e. The first-order valence-electron chi connectivity index (χ1n) is 10.3. The number of aryl methyl sites for hydroxylation is 2. The largest absolute Gasteiger partial charge is 0.325 e. The van der Waals surface area contributed by atoms with Gasteiger partial charge in [0, 0.05) is 22.6 Å². The predicted octanol–water partition coefficient (Wildman–Crippen LogP) is 3.08. The number of aromatic amines is 1. The lowest BCUT2D eigenvalue weighted by atomic mass is 10.1. The predicted molar refractivity (Wildman–Crippen MR) is 114 cm³/mol. The van der Waals surface area contributed by atoms with Crippen molar-refractivity contribution in [3.05, 3.63) is 39.9 Å². The lowest BCUT2D eigenvalue weighted by molar-refractivity contribution is 0.720. The summed E-state index contributed by atoms with van der Waals surface area (Å²) in [6, 6.07) is 0. The molecule has 4 aromatic rings. The SMILES string of the molecule is CCc1nn2nc(C(C)C)[nH]c2c1/C=C/C=c1/c(CC)nn2nc(C(C)C)nc12. The summed E-state index contributed by atoms with van der Waals surface area (Å²) in [7, 11) is 0. The van der Waals surface area contributed by atoms with Gasteiger partial charge in [-0.25, -0.2) is 4.98 Å². The molecule has 152 valence electrons. The van der Waals surface area contributed by atoms with Gasteiger partial charge in [0.25, 0.3) is 0 Å². The number of nitrogens with one attached hydrogen (secondary N) is 1. The monoisotopic (exact) mass is 392 g/mol. The molecule has 8 nitrogen and oxygen atoms in total. The molecule has 0 aliphatic carbocycles. The molecule has 0 saturated heterocycles. The van der Waals surface area contributed by atoms with E-state index >= 15 is 0 Å². The fraction of sp³-hybridized carbons (Fsp3) is 0.476. The van der Waals surface area contributed by atoms with E-state index in [0.717, 1.165) is 58.0 Å². The fourth-order valence-electron chi connectivity index (χ4n) is 3.37. The zero-order valence-corrected chi connectivity index (χ0v) is 17.9. The van der Waals surface area contributed by atoms with Gasteiger partial charge in [-0.3, -0.25) is 0 Å². The fourth-order valence-corrected chi connectivity index (χ4v) is 3.37. The van der Waals surface area contributed by atoms with Crippen LogP contribution in [-0.4, -0.2) is 39.6 Å². The summed E-state index contributed by atoms with van der Waals surface area (Å²) in [4.78, 5) is 8.11. The van der Waals surface area contributed by atoms with Gasteiger partial charge < -0.3 is 4.98 Å². The number of hydrogen-bond acceptors (Lipinski definition) is 5. The number of rotatable bonds is 6. The number of nitrogens with zero attached hydrogens (tertiary/aromatic N) is 7. The van der Waals surface area contributed by atoms with Gasteiger partial charge in [-0.1, -0.05) is 47.6 Å². The third-order valence-electron chi connectivity index (χ3n) is 5.06. The van der Waals surface area contributed by atoms with Gasteiger partial charge in [-0.15, -0.1) is 19.5 Å². The third-order valence-corrected chi connectivity index (χ3v) is 5.06. The van der Waals surface area contributed by atoms with Crippen LogP contribution in [0.1, 0.15) is 82.0 Å². The molecule has 0 bridgehead atoms. The molecule has 0 unspecified atom stereocenters. The van der Waals surface area contributed by atoms with E-state index < -0.39 is 0 Å². The van der Waals surface area contributed by atoms with Crippen molar-refractivity contribution in [1.82, 2.24) is 39.6 Å². The second-order valence-electron chi connectivity index (χ2n) is 7.89. The van der Waals surface area contributed by atoms with Gasteiger partial charge in [0.05, 0.1) is 11.4 Å². The third kappa shape index (κ3) is 3.32. The maximum atomic E-state index is 4.69. The molecule has 0 aliphatic rings. The van der Waals surface area contributed by atoms with Crippen molar-refractivity contribution in [3.63, 3.8) is 0 Å². The molecular formula is C21H28N8. The Bertz CT molecular complexity index is 1240. The van der Waals surface area contributed by atoms with Crippen molar-refractivity contribution in [2.75, 3.05) is 0 Å². The molecular weight excluding hydrogens is 364 g/mol. The highest BCUT2D eigenvalue weighted by Crippen LogP contribution is 2.19. The Morgan fingerprint density at radius 3 is 2.28 bits per heavy atom. The topological polar surface area (TPSA) is 89.1 Å². The molecule has 0 fully saturated rings. The minimum absolute atomic E-state index is 0.272. The molecule has 0 aliphatic heterocycles. The van der Waals surface area contributed by atoms with E-state index in [0.29, 0.717) is 5.92 Å². The molecule has 0 saturated carbocycles. The number of allylic oxidation sites excluding steroid dienone is 1. The summed E-state index contributed by atoms with van der Waals surface area (Å²) in [6.07, 6.45) is 7.89. The first kappa shape index (κ1) is 19.3. The lowest BCUT2D eigenvalue weighted by Crippen LogP contribution is -2.06. The van der Waals surface area contributed by atoms with Crippen LogP contribution in [0.5, 0.6) is 0 Å². The van der Waals surface area contributed by atoms with Crippen molar-refractivity contribution in [1.29, 1.82) is 0 Å². The van der Waals surface area contributed by atoms with Crippen LogP contribution in [0.25, 0.3) is 23.4 Å². The summed E-state index contributed by atoms with van der Waals surface area (Å²) in [5.41, 5.74) is 4.84. The Labute approximate surface area is 169 Å². The highest BCUT2D eigenvalue weighted by molar-refractivity contribution is 5.71. The van der Waals surface area contributed by atoms with Gasteiger partial charge >= 0.3 is 0 Å². The number of H-pyrrole nitrogens is 1. The zero-order chi connectivity index (χ0) is 20.7. The highest BCUT2D eigenvalue weighted by atomic mass is 15.5. The Kier molecular flexibility index (Phi) is 4.94. The average Bonchev–Trinajstić information content (AvgIpc) is 3.41. The highest BCUT2D eigenvalue weighted by Gasteiger charge is 2.15. The Hall–Kier alpha value is -3.03. The maximum absolute atomic E-state index is 4.69. The van der Waals surface area contributed by atoms with Crippen molar-refractivity contribution in [2.24, 2.45) is 0 Å². The average molecular weight is 393 g/mol. The molecule has 1 N–H and O–H groups in total. The Morgan fingerprint density at radius 1 is 0.897 bits per heavy atom. The van der Waals surface area contributed by atoms with E-state index in [1.807, 2.05) is 6.08 Å². The number of fused-ring (bicyclic) bond motifs is 2. The van der Waals surface area contributed by atoms with Crippen LogP contribution in [0.15, 0.2) is 6.08 Å². The maximum Gasteiger partial charge on any atom is 0.185 e. The number of hydrogen-bond donors (Lipinski definition) is 1. The van der Waals surface area contributed by atoms with Crippen molar-refractivity contribution >= 4 is 23.4 Å². The van der Waals surface area contributed by atoms with Crippen LogP contribution in [0.4, 0.5) is 0 Å².